The van der Waals surface area contributed by atoms with E-state index in [-0.39, 0.29) is 17.7 Å². The molecule has 0 radical (unpaired) electrons. The lowest BCUT2D eigenvalue weighted by molar-refractivity contribution is 0.102. The smallest absolute Gasteiger partial charge is 0.322 e. The molecular weight excluding hydrogens is 333 g/mol. The molecule has 128 valence electrons. The van der Waals surface area contributed by atoms with Crippen LogP contribution in [0.2, 0.25) is 0 Å². The quantitative estimate of drug-likeness (QED) is 0.601. The predicted octanol–water partition coefficient (Wildman–Crippen LogP) is 4.21. The third kappa shape index (κ3) is 3.44. The van der Waals surface area contributed by atoms with Gasteiger partial charge >= 0.3 is 6.01 Å². The van der Waals surface area contributed by atoms with Crippen LogP contribution < -0.4 is 5.32 Å². The number of hydrogen-bond acceptors (Lipinski definition) is 4. The first kappa shape index (κ1) is 16.0. The molecule has 26 heavy (non-hydrogen) atoms. The first-order valence-corrected chi connectivity index (χ1v) is 8.04. The molecule has 0 spiro atoms. The Morgan fingerprint density at radius 2 is 1.73 bits per heavy atom. The van der Waals surface area contributed by atoms with Gasteiger partial charge in [0.2, 0.25) is 5.89 Å². The molecule has 5 nitrogen and oxygen atoms in total. The highest BCUT2D eigenvalue weighted by Crippen LogP contribution is 2.17. The second-order valence-electron chi connectivity index (χ2n) is 5.82. The Morgan fingerprint density at radius 3 is 2.54 bits per heavy atom. The first-order chi connectivity index (χ1) is 12.7. The normalized spacial score (nSPS) is 10.8. The molecule has 1 amide bonds. The molecule has 0 bridgehead atoms. The summed E-state index contributed by atoms with van der Waals surface area (Å²) in [7, 11) is 0. The number of anilines is 1. The number of amides is 1. The Kier molecular flexibility index (Phi) is 4.15. The molecule has 0 fully saturated rings. The number of fused-ring (bicyclic) bond motifs is 1. The fourth-order valence-electron chi connectivity index (χ4n) is 2.65. The van der Waals surface area contributed by atoms with Gasteiger partial charge < -0.3 is 4.42 Å². The molecule has 0 saturated carbocycles. The van der Waals surface area contributed by atoms with Crippen molar-refractivity contribution < 1.29 is 13.6 Å². The van der Waals surface area contributed by atoms with Crippen LogP contribution in [0.1, 0.15) is 21.8 Å². The van der Waals surface area contributed by atoms with Crippen molar-refractivity contribution in [3.8, 4) is 0 Å². The number of halogens is 1. The Morgan fingerprint density at radius 1 is 0.962 bits per heavy atom. The highest BCUT2D eigenvalue weighted by molar-refractivity contribution is 6.05. The average molecular weight is 347 g/mol. The summed E-state index contributed by atoms with van der Waals surface area (Å²) in [5, 5.41) is 12.4. The van der Waals surface area contributed by atoms with E-state index in [1.54, 1.807) is 24.3 Å². The van der Waals surface area contributed by atoms with Crippen molar-refractivity contribution in [2.24, 2.45) is 0 Å². The van der Waals surface area contributed by atoms with E-state index in [2.05, 4.69) is 15.5 Å². The van der Waals surface area contributed by atoms with Crippen molar-refractivity contribution in [1.29, 1.82) is 0 Å². The molecule has 0 atom stereocenters. The molecule has 1 aromatic heterocycles. The molecule has 1 heterocycles. The Labute approximate surface area is 148 Å². The number of benzene rings is 3. The van der Waals surface area contributed by atoms with Crippen molar-refractivity contribution in [1.82, 2.24) is 10.2 Å². The van der Waals surface area contributed by atoms with Crippen LogP contribution in [0.3, 0.4) is 0 Å². The van der Waals surface area contributed by atoms with Crippen LogP contribution in [0.15, 0.2) is 71.1 Å². The topological polar surface area (TPSA) is 68.0 Å². The Balaban J connectivity index is 1.47. The number of nitrogens with zero attached hydrogens (tertiary/aromatic N) is 2. The van der Waals surface area contributed by atoms with Crippen molar-refractivity contribution in [3.05, 3.63) is 89.6 Å². The van der Waals surface area contributed by atoms with Gasteiger partial charge in [0.1, 0.15) is 5.82 Å². The van der Waals surface area contributed by atoms with Gasteiger partial charge in [-0.1, -0.05) is 47.6 Å². The van der Waals surface area contributed by atoms with Gasteiger partial charge in [-0.15, -0.1) is 5.10 Å². The fourth-order valence-corrected chi connectivity index (χ4v) is 2.65. The van der Waals surface area contributed by atoms with Crippen LogP contribution in [0.25, 0.3) is 10.8 Å². The van der Waals surface area contributed by atoms with E-state index in [0.29, 0.717) is 17.9 Å². The molecule has 6 heteroatoms. The SMILES string of the molecule is O=C(Nc1nnc(Cc2ccc(F)cc2)o1)c1ccc2ccccc2c1. The molecule has 4 aromatic rings. The van der Waals surface area contributed by atoms with Gasteiger partial charge in [0.15, 0.2) is 0 Å². The van der Waals surface area contributed by atoms with E-state index in [9.17, 15) is 9.18 Å². The van der Waals surface area contributed by atoms with E-state index in [1.165, 1.54) is 12.1 Å². The summed E-state index contributed by atoms with van der Waals surface area (Å²) < 4.78 is 18.4. The monoisotopic (exact) mass is 347 g/mol. The highest BCUT2D eigenvalue weighted by atomic mass is 19.1. The van der Waals surface area contributed by atoms with E-state index in [4.69, 9.17) is 4.42 Å². The summed E-state index contributed by atoms with van der Waals surface area (Å²) in [6.45, 7) is 0. The van der Waals surface area contributed by atoms with E-state index in [1.807, 2.05) is 30.3 Å². The maximum absolute atomic E-state index is 12.9. The number of nitrogens with one attached hydrogen (secondary N) is 1. The van der Waals surface area contributed by atoms with Gasteiger partial charge in [0.05, 0.1) is 6.42 Å². The Hall–Kier alpha value is -3.54. The van der Waals surface area contributed by atoms with Crippen molar-refractivity contribution in [2.75, 3.05) is 5.32 Å². The molecule has 3 aromatic carbocycles. The molecule has 0 aliphatic rings. The second-order valence-corrected chi connectivity index (χ2v) is 5.82. The number of hydrogen-bond donors (Lipinski definition) is 1. The van der Waals surface area contributed by atoms with Gasteiger partial charge in [0, 0.05) is 5.56 Å². The maximum Gasteiger partial charge on any atom is 0.322 e. The predicted molar refractivity (Wildman–Crippen MR) is 95.4 cm³/mol. The lowest BCUT2D eigenvalue weighted by Crippen LogP contribution is -2.12. The van der Waals surface area contributed by atoms with Gasteiger partial charge in [0.25, 0.3) is 5.91 Å². The van der Waals surface area contributed by atoms with Crippen molar-refractivity contribution in [3.63, 3.8) is 0 Å². The average Bonchev–Trinajstić information content (AvgIpc) is 3.10. The molecule has 0 aliphatic heterocycles. The summed E-state index contributed by atoms with van der Waals surface area (Å²) >= 11 is 0. The summed E-state index contributed by atoms with van der Waals surface area (Å²) in [6, 6.07) is 19.3. The van der Waals surface area contributed by atoms with Crippen LogP contribution in [0.5, 0.6) is 0 Å². The van der Waals surface area contributed by atoms with Crippen LogP contribution >= 0.6 is 0 Å². The minimum Gasteiger partial charge on any atom is -0.407 e. The van der Waals surface area contributed by atoms with Gasteiger partial charge in [-0.3, -0.25) is 10.1 Å². The number of carbonyl (C=O) groups is 1. The second kappa shape index (κ2) is 6.76. The number of aromatic nitrogens is 2. The van der Waals surface area contributed by atoms with Gasteiger partial charge in [-0.2, -0.15) is 0 Å². The molecule has 0 unspecified atom stereocenters. The third-order valence-electron chi connectivity index (χ3n) is 3.97. The summed E-state index contributed by atoms with van der Waals surface area (Å²) in [5.41, 5.74) is 1.34. The Bertz CT molecular complexity index is 1070. The fraction of sp³-hybridized carbons (Fsp3) is 0.0500. The van der Waals surface area contributed by atoms with E-state index in [0.717, 1.165) is 16.3 Å². The zero-order valence-corrected chi connectivity index (χ0v) is 13.6. The summed E-state index contributed by atoms with van der Waals surface area (Å²) in [6.07, 6.45) is 0.360. The van der Waals surface area contributed by atoms with Crippen LogP contribution in [0, 0.1) is 5.82 Å². The first-order valence-electron chi connectivity index (χ1n) is 8.04. The van der Waals surface area contributed by atoms with E-state index >= 15 is 0 Å². The van der Waals surface area contributed by atoms with Crippen LogP contribution in [-0.2, 0) is 6.42 Å². The van der Waals surface area contributed by atoms with Crippen LogP contribution in [0.4, 0.5) is 10.4 Å². The van der Waals surface area contributed by atoms with Gasteiger partial charge in [-0.05, 0) is 40.6 Å². The minimum absolute atomic E-state index is 0.0280. The standard InChI is InChI=1S/C20H14FN3O2/c21-17-9-5-13(6-10-17)11-18-23-24-20(26-18)22-19(25)16-8-7-14-3-1-2-4-15(14)12-16/h1-10,12H,11H2,(H,22,24,25). The third-order valence-corrected chi connectivity index (χ3v) is 3.97. The summed E-state index contributed by atoms with van der Waals surface area (Å²) in [4.78, 5) is 12.4. The molecule has 4 rings (SSSR count). The summed E-state index contributed by atoms with van der Waals surface area (Å²) in [5.74, 6) is -0.291. The lowest BCUT2D eigenvalue weighted by atomic mass is 10.1. The maximum atomic E-state index is 12.9. The molecule has 0 saturated heterocycles. The zero-order valence-electron chi connectivity index (χ0n) is 13.6. The molecule has 0 aliphatic carbocycles. The largest absolute Gasteiger partial charge is 0.407 e. The number of rotatable bonds is 4. The minimum atomic E-state index is -0.326. The van der Waals surface area contributed by atoms with Crippen molar-refractivity contribution >= 4 is 22.7 Å². The van der Waals surface area contributed by atoms with E-state index < -0.39 is 0 Å². The molecule has 1 N–H and O–H groups in total. The zero-order chi connectivity index (χ0) is 17.9. The molecular formula is C20H14FN3O2. The van der Waals surface area contributed by atoms with Crippen LogP contribution in [-0.4, -0.2) is 16.1 Å². The van der Waals surface area contributed by atoms with Gasteiger partial charge in [-0.25, -0.2) is 4.39 Å². The highest BCUT2D eigenvalue weighted by Gasteiger charge is 2.12. The van der Waals surface area contributed by atoms with Crippen molar-refractivity contribution in [2.45, 2.75) is 6.42 Å². The lowest BCUT2D eigenvalue weighted by Gasteiger charge is -2.03. The number of carbonyl (C=O) groups excluding carboxylic acids is 1.